The molecule has 1 saturated heterocycles. The number of carbonyl (C=O) groups excluding carboxylic acids is 2. The molecule has 4 aliphatic carbocycles. The number of rotatable bonds is 12. The molecule has 1 N–H and O–H groups in total. The third-order valence-electron chi connectivity index (χ3n) is 9.47. The molecule has 0 spiro atoms. The normalized spacial score (nSPS) is 28.5. The molecule has 1 aromatic rings. The van der Waals surface area contributed by atoms with Gasteiger partial charge in [0.05, 0.1) is 17.2 Å². The SMILES string of the molecule is CC(C)(C)OC(=O)N(CCCOC1CCCCO1)CCCc1cc(C(=O)NCC23CC4CC(CC(C4)C2)C3)c(Cl)cn1. The highest BCUT2D eigenvalue weighted by Gasteiger charge is 2.50. The van der Waals surface area contributed by atoms with Crippen LogP contribution in [0.4, 0.5) is 4.79 Å². The maximum atomic E-state index is 13.3. The summed E-state index contributed by atoms with van der Waals surface area (Å²) in [5.41, 5.74) is 0.975. The summed E-state index contributed by atoms with van der Waals surface area (Å²) in [5.74, 6) is 2.44. The van der Waals surface area contributed by atoms with Crippen molar-refractivity contribution in [1.82, 2.24) is 15.2 Å². The summed E-state index contributed by atoms with van der Waals surface area (Å²) in [5, 5.41) is 3.62. The number of halogens is 1. The number of ether oxygens (including phenoxy) is 3. The molecule has 1 aliphatic heterocycles. The molecule has 2 amide bonds. The molecule has 1 aromatic heterocycles. The Hall–Kier alpha value is -1.90. The highest BCUT2D eigenvalue weighted by atomic mass is 35.5. The Labute approximate surface area is 256 Å². The number of nitrogens with zero attached hydrogens (tertiary/aromatic N) is 2. The van der Waals surface area contributed by atoms with E-state index in [0.717, 1.165) is 55.9 Å². The topological polar surface area (TPSA) is 90.0 Å². The van der Waals surface area contributed by atoms with Crippen molar-refractivity contribution in [2.45, 2.75) is 110 Å². The van der Waals surface area contributed by atoms with Gasteiger partial charge in [0.15, 0.2) is 6.29 Å². The molecule has 4 bridgehead atoms. The third-order valence-corrected chi connectivity index (χ3v) is 9.77. The summed E-state index contributed by atoms with van der Waals surface area (Å²) < 4.78 is 17.2. The fraction of sp³-hybridized carbons (Fsp3) is 0.788. The van der Waals surface area contributed by atoms with Crippen LogP contribution in [0.1, 0.15) is 107 Å². The minimum atomic E-state index is -0.571. The van der Waals surface area contributed by atoms with Crippen molar-refractivity contribution in [3.05, 3.63) is 28.5 Å². The molecular weight excluding hydrogens is 554 g/mol. The Balaban J connectivity index is 1.11. The van der Waals surface area contributed by atoms with Crippen LogP contribution in [0.5, 0.6) is 0 Å². The maximum absolute atomic E-state index is 13.3. The van der Waals surface area contributed by atoms with E-state index >= 15 is 0 Å². The van der Waals surface area contributed by atoms with Gasteiger partial charge in [0.2, 0.25) is 0 Å². The summed E-state index contributed by atoms with van der Waals surface area (Å²) in [6.07, 6.45) is 14.2. The van der Waals surface area contributed by atoms with Crippen LogP contribution < -0.4 is 5.32 Å². The molecule has 1 atom stereocenters. The van der Waals surface area contributed by atoms with Crippen LogP contribution in [-0.4, -0.2) is 66.6 Å². The monoisotopic (exact) mass is 603 g/mol. The van der Waals surface area contributed by atoms with E-state index in [-0.39, 0.29) is 23.7 Å². The van der Waals surface area contributed by atoms with Gasteiger partial charge in [0.25, 0.3) is 5.91 Å². The van der Waals surface area contributed by atoms with Crippen LogP contribution >= 0.6 is 11.6 Å². The van der Waals surface area contributed by atoms with Crippen LogP contribution in [0, 0.1) is 23.2 Å². The fourth-order valence-electron chi connectivity index (χ4n) is 8.05. The summed E-state index contributed by atoms with van der Waals surface area (Å²) in [6, 6.07) is 1.81. The van der Waals surface area contributed by atoms with Crippen molar-refractivity contribution in [1.29, 1.82) is 0 Å². The number of hydrogen-bond acceptors (Lipinski definition) is 6. The van der Waals surface area contributed by atoms with Crippen LogP contribution in [0.25, 0.3) is 0 Å². The van der Waals surface area contributed by atoms with E-state index in [1.54, 1.807) is 11.1 Å². The van der Waals surface area contributed by atoms with E-state index in [2.05, 4.69) is 10.3 Å². The minimum absolute atomic E-state index is 0.114. The van der Waals surface area contributed by atoms with E-state index in [4.69, 9.17) is 25.8 Å². The Morgan fingerprint density at radius 2 is 1.79 bits per heavy atom. The number of carbonyl (C=O) groups is 2. The second-order valence-corrected chi connectivity index (χ2v) is 14.8. The van der Waals surface area contributed by atoms with Crippen LogP contribution in [-0.2, 0) is 20.6 Å². The van der Waals surface area contributed by atoms with Gasteiger partial charge >= 0.3 is 6.09 Å². The molecule has 9 heteroatoms. The average molecular weight is 604 g/mol. The van der Waals surface area contributed by atoms with Crippen LogP contribution in [0.3, 0.4) is 0 Å². The highest BCUT2D eigenvalue weighted by molar-refractivity contribution is 6.33. The zero-order valence-corrected chi connectivity index (χ0v) is 26.6. The fourth-order valence-corrected chi connectivity index (χ4v) is 8.24. The molecule has 5 aliphatic rings. The van der Waals surface area contributed by atoms with E-state index in [1.807, 2.05) is 26.8 Å². The number of aryl methyl sites for hydroxylation is 1. The molecule has 0 aromatic carbocycles. The zero-order valence-electron chi connectivity index (χ0n) is 25.8. The molecule has 5 fully saturated rings. The lowest BCUT2D eigenvalue weighted by Crippen LogP contribution is -2.51. The van der Waals surface area contributed by atoms with Crippen LogP contribution in [0.15, 0.2) is 12.3 Å². The first-order valence-electron chi connectivity index (χ1n) is 16.2. The Bertz CT molecular complexity index is 1050. The maximum Gasteiger partial charge on any atom is 0.410 e. The molecule has 8 nitrogen and oxygen atoms in total. The van der Waals surface area contributed by atoms with Crippen LogP contribution in [0.2, 0.25) is 5.02 Å². The molecule has 2 heterocycles. The largest absolute Gasteiger partial charge is 0.444 e. The van der Waals surface area contributed by atoms with E-state index < -0.39 is 5.60 Å². The quantitative estimate of drug-likeness (QED) is 0.265. The Morgan fingerprint density at radius 3 is 2.43 bits per heavy atom. The van der Waals surface area contributed by atoms with Gasteiger partial charge in [-0.1, -0.05) is 11.6 Å². The van der Waals surface area contributed by atoms with Crippen molar-refractivity contribution in [2.75, 3.05) is 32.8 Å². The lowest BCUT2D eigenvalue weighted by atomic mass is 9.49. The van der Waals surface area contributed by atoms with Gasteiger partial charge < -0.3 is 24.4 Å². The predicted molar refractivity (Wildman–Crippen MR) is 162 cm³/mol. The number of nitrogens with one attached hydrogen (secondary N) is 1. The van der Waals surface area contributed by atoms with Gasteiger partial charge in [-0.25, -0.2) is 4.79 Å². The van der Waals surface area contributed by atoms with Gasteiger partial charge in [-0.2, -0.15) is 0 Å². The Kier molecular flexibility index (Phi) is 10.4. The first-order chi connectivity index (χ1) is 20.1. The van der Waals surface area contributed by atoms with Crippen molar-refractivity contribution in [3.63, 3.8) is 0 Å². The van der Waals surface area contributed by atoms with E-state index in [1.165, 1.54) is 38.5 Å². The molecule has 4 saturated carbocycles. The molecule has 234 valence electrons. The second-order valence-electron chi connectivity index (χ2n) is 14.3. The van der Waals surface area contributed by atoms with Gasteiger partial charge in [-0.3, -0.25) is 9.78 Å². The summed E-state index contributed by atoms with van der Waals surface area (Å²) in [4.78, 5) is 32.4. The van der Waals surface area contributed by atoms with E-state index in [0.29, 0.717) is 49.5 Å². The van der Waals surface area contributed by atoms with Gasteiger partial charge in [0, 0.05) is 38.1 Å². The molecular formula is C33H50ClN3O5. The first kappa shape index (κ1) is 31.5. The van der Waals surface area contributed by atoms with Crippen molar-refractivity contribution in [3.8, 4) is 0 Å². The smallest absolute Gasteiger partial charge is 0.410 e. The lowest BCUT2D eigenvalue weighted by molar-refractivity contribution is -0.163. The molecule has 0 radical (unpaired) electrons. The number of aromatic nitrogens is 1. The Morgan fingerprint density at radius 1 is 1.10 bits per heavy atom. The molecule has 6 rings (SSSR count). The summed E-state index contributed by atoms with van der Waals surface area (Å²) in [6.45, 7) is 8.70. The number of amides is 2. The van der Waals surface area contributed by atoms with Crippen molar-refractivity contribution in [2.24, 2.45) is 23.2 Å². The zero-order chi connectivity index (χ0) is 29.7. The lowest BCUT2D eigenvalue weighted by Gasteiger charge is -2.56. The summed E-state index contributed by atoms with van der Waals surface area (Å²) >= 11 is 6.45. The number of pyridine rings is 1. The summed E-state index contributed by atoms with van der Waals surface area (Å²) in [7, 11) is 0. The van der Waals surface area contributed by atoms with Gasteiger partial charge in [-0.15, -0.1) is 0 Å². The third kappa shape index (κ3) is 8.60. The average Bonchev–Trinajstić information content (AvgIpc) is 2.93. The molecule has 42 heavy (non-hydrogen) atoms. The predicted octanol–water partition coefficient (Wildman–Crippen LogP) is 6.78. The minimum Gasteiger partial charge on any atom is -0.444 e. The first-order valence-corrected chi connectivity index (χ1v) is 16.6. The van der Waals surface area contributed by atoms with Crippen molar-refractivity contribution >= 4 is 23.6 Å². The molecule has 1 unspecified atom stereocenters. The van der Waals surface area contributed by atoms with Gasteiger partial charge in [0.1, 0.15) is 5.60 Å². The standard InChI is InChI=1S/C33H50ClN3O5/c1-32(2,3)42-31(39)37(11-7-13-41-29-9-4-5-12-40-29)10-6-8-26-17-27(28(34)21-35-26)30(38)36-22-33-18-23-14-24(19-33)16-25(15-23)20-33/h17,21,23-25,29H,4-16,18-20,22H2,1-3H3,(H,36,38). The van der Waals surface area contributed by atoms with E-state index in [9.17, 15) is 9.59 Å². The van der Waals surface area contributed by atoms with Gasteiger partial charge in [-0.05, 0) is 127 Å². The second kappa shape index (κ2) is 13.8. The van der Waals surface area contributed by atoms with Crippen molar-refractivity contribution < 1.29 is 23.8 Å². The number of hydrogen-bond donors (Lipinski definition) is 1. The highest BCUT2D eigenvalue weighted by Crippen LogP contribution is 2.59.